The molecule has 6 heteroatoms. The van der Waals surface area contributed by atoms with Gasteiger partial charge in [-0.15, -0.1) is 0 Å². The van der Waals surface area contributed by atoms with Crippen molar-refractivity contribution in [2.24, 2.45) is 0 Å². The highest BCUT2D eigenvalue weighted by atomic mass is 16.4. The Kier molecular flexibility index (Phi) is 5.25. The first-order valence-electron chi connectivity index (χ1n) is 6.21. The van der Waals surface area contributed by atoms with Crippen molar-refractivity contribution in [2.75, 3.05) is 11.9 Å². The van der Waals surface area contributed by atoms with E-state index in [1.807, 2.05) is 6.92 Å². The van der Waals surface area contributed by atoms with Crippen molar-refractivity contribution in [3.63, 3.8) is 0 Å². The molecule has 0 aliphatic heterocycles. The van der Waals surface area contributed by atoms with Crippen molar-refractivity contribution >= 4 is 23.5 Å². The molecule has 0 aliphatic rings. The maximum Gasteiger partial charge on any atom is 0.323 e. The Labute approximate surface area is 117 Å². The lowest BCUT2D eigenvalue weighted by Gasteiger charge is -2.24. The molecule has 0 heterocycles. The van der Waals surface area contributed by atoms with E-state index in [9.17, 15) is 14.4 Å². The fourth-order valence-corrected chi connectivity index (χ4v) is 1.59. The lowest BCUT2D eigenvalue weighted by molar-refractivity contribution is -0.149. The predicted octanol–water partition coefficient (Wildman–Crippen LogP) is 1.26. The summed E-state index contributed by atoms with van der Waals surface area (Å²) in [6.45, 7) is 4.71. The third-order valence-corrected chi connectivity index (χ3v) is 2.69. The predicted molar refractivity (Wildman–Crippen MR) is 74.3 cm³/mol. The fourth-order valence-electron chi connectivity index (χ4n) is 1.59. The number of amides is 2. The van der Waals surface area contributed by atoms with Crippen molar-refractivity contribution in [1.29, 1.82) is 0 Å². The van der Waals surface area contributed by atoms with Crippen molar-refractivity contribution in [1.82, 2.24) is 4.90 Å². The van der Waals surface area contributed by atoms with Crippen LogP contribution in [-0.4, -0.2) is 40.4 Å². The number of hydrogen-bond acceptors (Lipinski definition) is 3. The van der Waals surface area contributed by atoms with Crippen LogP contribution in [0.3, 0.4) is 0 Å². The smallest absolute Gasteiger partial charge is 0.323 e. The number of benzene rings is 1. The van der Waals surface area contributed by atoms with E-state index >= 15 is 0 Å². The zero-order valence-corrected chi connectivity index (χ0v) is 11.7. The zero-order valence-electron chi connectivity index (χ0n) is 11.7. The molecule has 2 amide bonds. The van der Waals surface area contributed by atoms with Crippen LogP contribution in [-0.2, 0) is 14.4 Å². The summed E-state index contributed by atoms with van der Waals surface area (Å²) in [5.41, 5.74) is 1.52. The molecule has 0 unspecified atom stereocenters. The molecule has 0 saturated carbocycles. The molecular weight excluding hydrogens is 260 g/mol. The standard InChI is InChI=1S/C14H18N2O4/c1-9(2)16(8-12(17)18)14(20)13(19)15-11-6-4-10(3)5-7-11/h4-7,9H,8H2,1-3H3,(H,15,19)(H,17,18). The van der Waals surface area contributed by atoms with Crippen LogP contribution in [0.4, 0.5) is 5.69 Å². The Hall–Kier alpha value is -2.37. The largest absolute Gasteiger partial charge is 0.480 e. The number of carbonyl (C=O) groups excluding carboxylic acids is 2. The summed E-state index contributed by atoms with van der Waals surface area (Å²) in [6.07, 6.45) is 0. The van der Waals surface area contributed by atoms with Gasteiger partial charge in [-0.05, 0) is 32.9 Å². The molecule has 2 N–H and O–H groups in total. The van der Waals surface area contributed by atoms with Crippen LogP contribution in [0, 0.1) is 6.92 Å². The average Bonchev–Trinajstić information content (AvgIpc) is 2.37. The number of carboxylic acid groups (broad SMARTS) is 1. The van der Waals surface area contributed by atoms with Crippen LogP contribution in [0.1, 0.15) is 19.4 Å². The SMILES string of the molecule is Cc1ccc(NC(=O)C(=O)N(CC(=O)O)C(C)C)cc1. The molecule has 1 rings (SSSR count). The van der Waals surface area contributed by atoms with Gasteiger partial charge in [0.1, 0.15) is 6.54 Å². The van der Waals surface area contributed by atoms with Crippen LogP contribution in [0.25, 0.3) is 0 Å². The average molecular weight is 278 g/mol. The van der Waals surface area contributed by atoms with Crippen LogP contribution in [0.5, 0.6) is 0 Å². The Morgan fingerprint density at radius 1 is 1.20 bits per heavy atom. The van der Waals surface area contributed by atoms with Gasteiger partial charge in [-0.25, -0.2) is 0 Å². The fraction of sp³-hybridized carbons (Fsp3) is 0.357. The summed E-state index contributed by atoms with van der Waals surface area (Å²) in [5.74, 6) is -2.86. The quantitative estimate of drug-likeness (QED) is 0.812. The first-order valence-corrected chi connectivity index (χ1v) is 6.21. The van der Waals surface area contributed by atoms with Crippen LogP contribution < -0.4 is 5.32 Å². The monoisotopic (exact) mass is 278 g/mol. The summed E-state index contributed by atoms with van der Waals surface area (Å²) >= 11 is 0. The summed E-state index contributed by atoms with van der Waals surface area (Å²) < 4.78 is 0. The van der Waals surface area contributed by atoms with Gasteiger partial charge in [-0.2, -0.15) is 0 Å². The van der Waals surface area contributed by atoms with Crippen molar-refractivity contribution in [3.8, 4) is 0 Å². The molecule has 1 aromatic rings. The molecule has 20 heavy (non-hydrogen) atoms. The van der Waals surface area contributed by atoms with E-state index in [4.69, 9.17) is 5.11 Å². The third-order valence-electron chi connectivity index (χ3n) is 2.69. The molecule has 0 radical (unpaired) electrons. The number of carbonyl (C=O) groups is 3. The van der Waals surface area contributed by atoms with Gasteiger partial charge in [0.15, 0.2) is 0 Å². The van der Waals surface area contributed by atoms with E-state index in [0.29, 0.717) is 5.69 Å². The van der Waals surface area contributed by atoms with Crippen molar-refractivity contribution in [3.05, 3.63) is 29.8 Å². The highest BCUT2D eigenvalue weighted by Gasteiger charge is 2.26. The number of anilines is 1. The summed E-state index contributed by atoms with van der Waals surface area (Å²) in [6, 6.07) is 6.59. The molecule has 108 valence electrons. The zero-order chi connectivity index (χ0) is 15.3. The number of rotatable bonds is 4. The summed E-state index contributed by atoms with van der Waals surface area (Å²) in [7, 11) is 0. The van der Waals surface area contributed by atoms with Gasteiger partial charge in [0.2, 0.25) is 0 Å². The van der Waals surface area contributed by atoms with E-state index in [-0.39, 0.29) is 6.04 Å². The van der Waals surface area contributed by atoms with Gasteiger partial charge < -0.3 is 15.3 Å². The molecule has 1 aromatic carbocycles. The minimum absolute atomic E-state index is 0.373. The summed E-state index contributed by atoms with van der Waals surface area (Å²) in [4.78, 5) is 35.5. The van der Waals surface area contributed by atoms with E-state index in [0.717, 1.165) is 10.5 Å². The number of nitrogens with one attached hydrogen (secondary N) is 1. The minimum Gasteiger partial charge on any atom is -0.480 e. The molecule has 0 atom stereocenters. The second-order valence-electron chi connectivity index (χ2n) is 4.74. The number of aliphatic carboxylic acids is 1. The Bertz CT molecular complexity index is 508. The molecule has 0 aliphatic carbocycles. The van der Waals surface area contributed by atoms with Crippen LogP contribution in [0.15, 0.2) is 24.3 Å². The van der Waals surface area contributed by atoms with E-state index in [1.165, 1.54) is 0 Å². The number of carboxylic acids is 1. The van der Waals surface area contributed by atoms with Gasteiger partial charge >= 0.3 is 17.8 Å². The first kappa shape index (κ1) is 15.7. The second-order valence-corrected chi connectivity index (χ2v) is 4.74. The normalized spacial score (nSPS) is 10.2. The number of nitrogens with zero attached hydrogens (tertiary/aromatic N) is 1. The highest BCUT2D eigenvalue weighted by molar-refractivity contribution is 6.39. The lowest BCUT2D eigenvalue weighted by atomic mass is 10.2. The number of hydrogen-bond donors (Lipinski definition) is 2. The molecule has 0 fully saturated rings. The van der Waals surface area contributed by atoms with Crippen molar-refractivity contribution in [2.45, 2.75) is 26.8 Å². The highest BCUT2D eigenvalue weighted by Crippen LogP contribution is 2.09. The van der Waals surface area contributed by atoms with Gasteiger partial charge in [-0.1, -0.05) is 17.7 Å². The second kappa shape index (κ2) is 6.70. The van der Waals surface area contributed by atoms with Crippen LogP contribution >= 0.6 is 0 Å². The Morgan fingerprint density at radius 2 is 1.75 bits per heavy atom. The molecule has 0 saturated heterocycles. The maximum atomic E-state index is 11.9. The number of aryl methyl sites for hydroxylation is 1. The van der Waals surface area contributed by atoms with Gasteiger partial charge in [-0.3, -0.25) is 14.4 Å². The summed E-state index contributed by atoms with van der Waals surface area (Å²) in [5, 5.41) is 11.2. The lowest BCUT2D eigenvalue weighted by Crippen LogP contribution is -2.46. The minimum atomic E-state index is -1.16. The van der Waals surface area contributed by atoms with Crippen molar-refractivity contribution < 1.29 is 19.5 Å². The Balaban J connectivity index is 2.76. The Morgan fingerprint density at radius 3 is 2.20 bits per heavy atom. The van der Waals surface area contributed by atoms with E-state index in [1.54, 1.807) is 38.1 Å². The van der Waals surface area contributed by atoms with Crippen LogP contribution in [0.2, 0.25) is 0 Å². The molecule has 0 spiro atoms. The maximum absolute atomic E-state index is 11.9. The molecule has 0 aromatic heterocycles. The third kappa shape index (κ3) is 4.38. The van der Waals surface area contributed by atoms with Gasteiger partial charge in [0.05, 0.1) is 0 Å². The van der Waals surface area contributed by atoms with E-state index < -0.39 is 24.3 Å². The van der Waals surface area contributed by atoms with E-state index in [2.05, 4.69) is 5.32 Å². The molecule has 0 bridgehead atoms. The van der Waals surface area contributed by atoms with Gasteiger partial charge in [0, 0.05) is 11.7 Å². The van der Waals surface area contributed by atoms with Gasteiger partial charge in [0.25, 0.3) is 0 Å². The molecule has 6 nitrogen and oxygen atoms in total. The first-order chi connectivity index (χ1) is 9.31. The molecular formula is C14H18N2O4. The topological polar surface area (TPSA) is 86.7 Å².